The summed E-state index contributed by atoms with van der Waals surface area (Å²) in [6, 6.07) is 27.3. The lowest BCUT2D eigenvalue weighted by molar-refractivity contribution is 0.102. The molecule has 0 unspecified atom stereocenters. The molecule has 4 aromatic rings. The monoisotopic (exact) mass is 435 g/mol. The van der Waals surface area contributed by atoms with E-state index in [0.717, 1.165) is 41.3 Å². The zero-order valence-corrected chi connectivity index (χ0v) is 18.2. The summed E-state index contributed by atoms with van der Waals surface area (Å²) >= 11 is 0. The molecule has 1 aromatic heterocycles. The predicted molar refractivity (Wildman–Crippen MR) is 133 cm³/mol. The second kappa shape index (κ2) is 9.53. The molecule has 0 saturated carbocycles. The van der Waals surface area contributed by atoms with E-state index >= 15 is 0 Å². The van der Waals surface area contributed by atoms with Crippen molar-refractivity contribution in [3.8, 4) is 11.1 Å². The average molecular weight is 436 g/mol. The lowest BCUT2D eigenvalue weighted by atomic mass is 10.0. The summed E-state index contributed by atoms with van der Waals surface area (Å²) in [4.78, 5) is 15.0. The minimum Gasteiger partial charge on any atom is -0.370 e. The SMILES string of the molecule is O=C(Nc1ccc(Nc2cc(N3CCCC3)cnn2)cc1)c1ccc(-c2ccccc2)cc1. The number of hydrogen-bond donors (Lipinski definition) is 2. The Morgan fingerprint density at radius 1 is 0.788 bits per heavy atom. The number of anilines is 4. The van der Waals surface area contributed by atoms with Crippen LogP contribution >= 0.6 is 0 Å². The Morgan fingerprint density at radius 2 is 1.45 bits per heavy atom. The number of benzene rings is 3. The molecule has 2 N–H and O–H groups in total. The Kier molecular flexibility index (Phi) is 5.97. The van der Waals surface area contributed by atoms with Gasteiger partial charge in [0.25, 0.3) is 5.91 Å². The summed E-state index contributed by atoms with van der Waals surface area (Å²) < 4.78 is 0. The van der Waals surface area contributed by atoms with E-state index in [1.165, 1.54) is 12.8 Å². The van der Waals surface area contributed by atoms with Crippen molar-refractivity contribution in [1.29, 1.82) is 0 Å². The average Bonchev–Trinajstić information content (AvgIpc) is 3.41. The first-order chi connectivity index (χ1) is 16.2. The number of aromatic nitrogens is 2. The van der Waals surface area contributed by atoms with Crippen molar-refractivity contribution in [2.24, 2.45) is 0 Å². The van der Waals surface area contributed by atoms with Gasteiger partial charge in [-0.1, -0.05) is 42.5 Å². The number of hydrogen-bond acceptors (Lipinski definition) is 5. The summed E-state index contributed by atoms with van der Waals surface area (Å²) in [5.74, 6) is 0.564. The molecule has 0 bridgehead atoms. The van der Waals surface area contributed by atoms with Gasteiger partial charge >= 0.3 is 0 Å². The Bertz CT molecular complexity index is 1220. The molecule has 2 heterocycles. The van der Waals surface area contributed by atoms with Crippen LogP contribution in [-0.2, 0) is 0 Å². The number of nitrogens with zero attached hydrogens (tertiary/aromatic N) is 3. The van der Waals surface area contributed by atoms with Gasteiger partial charge in [-0.3, -0.25) is 4.79 Å². The molecule has 1 saturated heterocycles. The molecule has 0 spiro atoms. The van der Waals surface area contributed by atoms with Crippen molar-refractivity contribution in [2.75, 3.05) is 28.6 Å². The summed E-state index contributed by atoms with van der Waals surface area (Å²) in [6.07, 6.45) is 4.24. The fraction of sp³-hybridized carbons (Fsp3) is 0.148. The van der Waals surface area contributed by atoms with Gasteiger partial charge in [-0.15, -0.1) is 5.10 Å². The zero-order valence-electron chi connectivity index (χ0n) is 18.2. The van der Waals surface area contributed by atoms with Crippen LogP contribution in [0.2, 0.25) is 0 Å². The number of amides is 1. The number of carbonyl (C=O) groups is 1. The van der Waals surface area contributed by atoms with E-state index in [4.69, 9.17) is 0 Å². The van der Waals surface area contributed by atoms with Gasteiger partial charge in [0.05, 0.1) is 11.9 Å². The molecule has 0 radical (unpaired) electrons. The fourth-order valence-corrected chi connectivity index (χ4v) is 4.00. The van der Waals surface area contributed by atoms with Gasteiger partial charge in [0.1, 0.15) is 0 Å². The Morgan fingerprint density at radius 3 is 2.18 bits per heavy atom. The summed E-state index contributed by atoms with van der Waals surface area (Å²) in [7, 11) is 0. The highest BCUT2D eigenvalue weighted by molar-refractivity contribution is 6.04. The summed E-state index contributed by atoms with van der Waals surface area (Å²) in [5, 5.41) is 14.6. The fourth-order valence-electron chi connectivity index (χ4n) is 4.00. The maximum atomic E-state index is 12.7. The second-order valence-electron chi connectivity index (χ2n) is 8.09. The van der Waals surface area contributed by atoms with Crippen LogP contribution in [0.5, 0.6) is 0 Å². The quantitative estimate of drug-likeness (QED) is 0.404. The molecule has 0 atom stereocenters. The highest BCUT2D eigenvalue weighted by atomic mass is 16.1. The van der Waals surface area contributed by atoms with Gasteiger partial charge in [0, 0.05) is 36.1 Å². The number of carbonyl (C=O) groups excluding carboxylic acids is 1. The van der Waals surface area contributed by atoms with E-state index in [1.807, 2.05) is 79.0 Å². The highest BCUT2D eigenvalue weighted by Crippen LogP contribution is 2.24. The van der Waals surface area contributed by atoms with Crippen molar-refractivity contribution >= 4 is 28.8 Å². The van der Waals surface area contributed by atoms with Crippen molar-refractivity contribution in [3.05, 3.63) is 96.7 Å². The molecule has 5 rings (SSSR count). The minimum absolute atomic E-state index is 0.139. The van der Waals surface area contributed by atoms with E-state index in [0.29, 0.717) is 11.4 Å². The first-order valence-electron chi connectivity index (χ1n) is 11.2. The molecule has 0 aliphatic carbocycles. The van der Waals surface area contributed by atoms with Crippen molar-refractivity contribution < 1.29 is 4.79 Å². The Balaban J connectivity index is 1.21. The highest BCUT2D eigenvalue weighted by Gasteiger charge is 2.13. The summed E-state index contributed by atoms with van der Waals surface area (Å²) in [5.41, 5.74) is 5.53. The smallest absolute Gasteiger partial charge is 0.255 e. The van der Waals surface area contributed by atoms with Crippen LogP contribution in [0.15, 0.2) is 91.1 Å². The maximum Gasteiger partial charge on any atom is 0.255 e. The van der Waals surface area contributed by atoms with Crippen molar-refractivity contribution in [3.63, 3.8) is 0 Å². The van der Waals surface area contributed by atoms with E-state index in [1.54, 1.807) is 0 Å². The summed E-state index contributed by atoms with van der Waals surface area (Å²) in [6.45, 7) is 2.13. The minimum atomic E-state index is -0.139. The standard InChI is InChI=1S/C27H25N5O/c33-27(22-10-8-21(9-11-22)20-6-2-1-3-7-20)30-24-14-12-23(13-15-24)29-26-18-25(19-28-31-26)32-16-4-5-17-32/h1-3,6-15,18-19H,4-5,16-17H2,(H,29,31)(H,30,33). The van der Waals surface area contributed by atoms with E-state index in [9.17, 15) is 4.79 Å². The zero-order chi connectivity index (χ0) is 22.5. The third-order valence-corrected chi connectivity index (χ3v) is 5.78. The third-order valence-electron chi connectivity index (χ3n) is 5.78. The number of nitrogens with one attached hydrogen (secondary N) is 2. The van der Waals surface area contributed by atoms with E-state index in [-0.39, 0.29) is 5.91 Å². The molecule has 164 valence electrons. The Labute approximate surface area is 193 Å². The topological polar surface area (TPSA) is 70.2 Å². The first kappa shape index (κ1) is 20.7. The van der Waals surface area contributed by atoms with E-state index < -0.39 is 0 Å². The van der Waals surface area contributed by atoms with Crippen LogP contribution in [0.4, 0.5) is 22.9 Å². The van der Waals surface area contributed by atoms with Crippen LogP contribution in [0, 0.1) is 0 Å². The largest absolute Gasteiger partial charge is 0.370 e. The van der Waals surface area contributed by atoms with Crippen LogP contribution in [0.25, 0.3) is 11.1 Å². The first-order valence-corrected chi connectivity index (χ1v) is 11.2. The van der Waals surface area contributed by atoms with Crippen LogP contribution in [-0.4, -0.2) is 29.2 Å². The molecule has 3 aromatic carbocycles. The van der Waals surface area contributed by atoms with Gasteiger partial charge in [-0.2, -0.15) is 5.10 Å². The van der Waals surface area contributed by atoms with Crippen molar-refractivity contribution in [2.45, 2.75) is 12.8 Å². The van der Waals surface area contributed by atoms with Gasteiger partial charge < -0.3 is 15.5 Å². The molecule has 6 heteroatoms. The molecule has 1 fully saturated rings. The van der Waals surface area contributed by atoms with Crippen LogP contribution < -0.4 is 15.5 Å². The van der Waals surface area contributed by atoms with Gasteiger partial charge in [-0.25, -0.2) is 0 Å². The van der Waals surface area contributed by atoms with Gasteiger partial charge in [-0.05, 0) is 60.4 Å². The number of rotatable bonds is 6. The molecular weight excluding hydrogens is 410 g/mol. The lowest BCUT2D eigenvalue weighted by Crippen LogP contribution is -2.18. The third kappa shape index (κ3) is 5.01. The molecule has 33 heavy (non-hydrogen) atoms. The van der Waals surface area contributed by atoms with Crippen molar-refractivity contribution in [1.82, 2.24) is 10.2 Å². The molecule has 1 amide bonds. The van der Waals surface area contributed by atoms with E-state index in [2.05, 4.69) is 37.9 Å². The van der Waals surface area contributed by atoms with Gasteiger partial charge in [0.2, 0.25) is 0 Å². The molecule has 6 nitrogen and oxygen atoms in total. The molecule has 1 aliphatic heterocycles. The molecular formula is C27H25N5O. The van der Waals surface area contributed by atoms with Crippen LogP contribution in [0.1, 0.15) is 23.2 Å². The Hall–Kier alpha value is -4.19. The second-order valence-corrected chi connectivity index (χ2v) is 8.09. The molecule has 1 aliphatic rings. The normalized spacial score (nSPS) is 13.0. The van der Waals surface area contributed by atoms with Gasteiger partial charge in [0.15, 0.2) is 5.82 Å². The maximum absolute atomic E-state index is 12.7. The van der Waals surface area contributed by atoms with Crippen LogP contribution in [0.3, 0.4) is 0 Å². The lowest BCUT2D eigenvalue weighted by Gasteiger charge is -2.17. The predicted octanol–water partition coefficient (Wildman–Crippen LogP) is 5.74.